The number of hydrogen-bond donors (Lipinski definition) is 0. The first-order valence-corrected chi connectivity index (χ1v) is 6.05. The molecule has 1 atom stereocenters. The highest BCUT2D eigenvalue weighted by Gasteiger charge is 2.21. The van der Waals surface area contributed by atoms with E-state index < -0.39 is 0 Å². The van der Waals surface area contributed by atoms with E-state index in [-0.39, 0.29) is 6.10 Å². The molecule has 4 nitrogen and oxygen atoms in total. The fraction of sp³-hybridized carbons (Fsp3) is 0.538. The van der Waals surface area contributed by atoms with Crippen LogP contribution in [0.15, 0.2) is 18.5 Å². The summed E-state index contributed by atoms with van der Waals surface area (Å²) in [4.78, 5) is 6.31. The fourth-order valence-electron chi connectivity index (χ4n) is 2.26. The van der Waals surface area contributed by atoms with E-state index in [0.29, 0.717) is 5.56 Å². The molecule has 0 spiro atoms. The zero-order valence-electron chi connectivity index (χ0n) is 10.1. The Bertz CT molecular complexity index is 411. The van der Waals surface area contributed by atoms with Crippen LogP contribution in [-0.2, 0) is 4.74 Å². The van der Waals surface area contributed by atoms with Gasteiger partial charge in [0.2, 0.25) is 0 Å². The molecule has 90 valence electrons. The Morgan fingerprint density at radius 3 is 3.29 bits per heavy atom. The summed E-state index contributed by atoms with van der Waals surface area (Å²) < 4.78 is 5.66. The summed E-state index contributed by atoms with van der Waals surface area (Å²) in [5.74, 6) is 0. The molecule has 1 saturated heterocycles. The van der Waals surface area contributed by atoms with Gasteiger partial charge < -0.3 is 9.64 Å². The largest absolute Gasteiger partial charge is 0.377 e. The highest BCUT2D eigenvalue weighted by atomic mass is 16.5. The number of ether oxygens (including phenoxy) is 1. The Balaban J connectivity index is 2.14. The number of aromatic nitrogens is 1. The average molecular weight is 231 g/mol. The lowest BCUT2D eigenvalue weighted by Gasteiger charge is -2.34. The topological polar surface area (TPSA) is 49.1 Å². The quantitative estimate of drug-likeness (QED) is 0.798. The molecule has 1 unspecified atom stereocenters. The van der Waals surface area contributed by atoms with Crippen molar-refractivity contribution in [2.45, 2.75) is 25.9 Å². The molecule has 0 bridgehead atoms. The van der Waals surface area contributed by atoms with Crippen molar-refractivity contribution >= 4 is 5.69 Å². The number of hydrogen-bond acceptors (Lipinski definition) is 4. The molecule has 2 heterocycles. The van der Waals surface area contributed by atoms with Crippen molar-refractivity contribution < 1.29 is 4.74 Å². The molecule has 0 N–H and O–H groups in total. The summed E-state index contributed by atoms with van der Waals surface area (Å²) in [6.45, 7) is 4.60. The van der Waals surface area contributed by atoms with Gasteiger partial charge in [0, 0.05) is 25.9 Å². The second-order valence-electron chi connectivity index (χ2n) is 4.17. The molecule has 0 radical (unpaired) electrons. The van der Waals surface area contributed by atoms with Crippen molar-refractivity contribution in [2.75, 3.05) is 24.6 Å². The van der Waals surface area contributed by atoms with Crippen LogP contribution in [0, 0.1) is 11.3 Å². The number of pyridine rings is 1. The average Bonchev–Trinajstić information content (AvgIpc) is 2.39. The lowest BCUT2D eigenvalue weighted by atomic mass is 10.1. The van der Waals surface area contributed by atoms with Crippen LogP contribution in [0.3, 0.4) is 0 Å². The maximum absolute atomic E-state index is 9.08. The Kier molecular flexibility index (Phi) is 3.94. The van der Waals surface area contributed by atoms with Gasteiger partial charge >= 0.3 is 0 Å². The van der Waals surface area contributed by atoms with Crippen molar-refractivity contribution in [1.29, 1.82) is 5.26 Å². The van der Waals surface area contributed by atoms with Crippen LogP contribution < -0.4 is 4.90 Å². The van der Waals surface area contributed by atoms with Crippen LogP contribution in [0.2, 0.25) is 0 Å². The molecular formula is C13H17N3O. The predicted octanol–water partition coefficient (Wildman–Crippen LogP) is 1.96. The van der Waals surface area contributed by atoms with E-state index in [2.05, 4.69) is 16.0 Å². The smallest absolute Gasteiger partial charge is 0.101 e. The lowest BCUT2D eigenvalue weighted by Crippen LogP contribution is -2.40. The Labute approximate surface area is 102 Å². The number of nitriles is 1. The summed E-state index contributed by atoms with van der Waals surface area (Å²) in [6.07, 6.45) is 5.91. The number of piperidine rings is 1. The molecule has 2 rings (SSSR count). The lowest BCUT2D eigenvalue weighted by molar-refractivity contribution is 0.0526. The summed E-state index contributed by atoms with van der Waals surface area (Å²) in [5.41, 5.74) is 1.62. The van der Waals surface area contributed by atoms with Gasteiger partial charge in [-0.15, -0.1) is 0 Å². The van der Waals surface area contributed by atoms with E-state index in [1.165, 1.54) is 0 Å². The fourth-order valence-corrected chi connectivity index (χ4v) is 2.26. The summed E-state index contributed by atoms with van der Waals surface area (Å²) >= 11 is 0. The molecule has 0 aliphatic carbocycles. The van der Waals surface area contributed by atoms with Crippen molar-refractivity contribution in [1.82, 2.24) is 4.98 Å². The van der Waals surface area contributed by atoms with Crippen LogP contribution in [0.5, 0.6) is 0 Å². The highest BCUT2D eigenvalue weighted by Crippen LogP contribution is 2.23. The Hall–Kier alpha value is -1.60. The minimum atomic E-state index is 0.278. The summed E-state index contributed by atoms with van der Waals surface area (Å²) in [5, 5.41) is 9.08. The number of rotatable bonds is 3. The molecule has 1 aromatic rings. The second-order valence-corrected chi connectivity index (χ2v) is 4.17. The first kappa shape index (κ1) is 11.9. The van der Waals surface area contributed by atoms with E-state index in [1.54, 1.807) is 18.5 Å². The van der Waals surface area contributed by atoms with E-state index in [4.69, 9.17) is 10.00 Å². The van der Waals surface area contributed by atoms with Gasteiger partial charge in [-0.25, -0.2) is 0 Å². The maximum atomic E-state index is 9.08. The minimum Gasteiger partial charge on any atom is -0.377 e. The van der Waals surface area contributed by atoms with Gasteiger partial charge in [0.25, 0.3) is 0 Å². The van der Waals surface area contributed by atoms with Gasteiger partial charge in [-0.1, -0.05) is 0 Å². The van der Waals surface area contributed by atoms with E-state index in [0.717, 1.165) is 38.2 Å². The molecule has 17 heavy (non-hydrogen) atoms. The third-order valence-electron chi connectivity index (χ3n) is 3.04. The third kappa shape index (κ3) is 2.75. The minimum absolute atomic E-state index is 0.278. The molecular weight excluding hydrogens is 214 g/mol. The van der Waals surface area contributed by atoms with Gasteiger partial charge in [-0.3, -0.25) is 4.98 Å². The first-order valence-electron chi connectivity index (χ1n) is 6.05. The summed E-state index contributed by atoms with van der Waals surface area (Å²) in [7, 11) is 0. The van der Waals surface area contributed by atoms with Gasteiger partial charge in [0.1, 0.15) is 6.07 Å². The maximum Gasteiger partial charge on any atom is 0.101 e. The van der Waals surface area contributed by atoms with Crippen LogP contribution in [0.4, 0.5) is 5.69 Å². The zero-order valence-corrected chi connectivity index (χ0v) is 10.1. The first-order chi connectivity index (χ1) is 8.35. The van der Waals surface area contributed by atoms with E-state index >= 15 is 0 Å². The third-order valence-corrected chi connectivity index (χ3v) is 3.04. The van der Waals surface area contributed by atoms with E-state index in [9.17, 15) is 0 Å². The SMILES string of the molecule is CCOC1CCCN(c2cnccc2C#N)C1. The molecule has 4 heteroatoms. The van der Waals surface area contributed by atoms with Crippen LogP contribution >= 0.6 is 0 Å². The van der Waals surface area contributed by atoms with Gasteiger partial charge in [-0.2, -0.15) is 5.26 Å². The van der Waals surface area contributed by atoms with Crippen molar-refractivity contribution in [3.8, 4) is 6.07 Å². The predicted molar refractivity (Wildman–Crippen MR) is 65.8 cm³/mol. The van der Waals surface area contributed by atoms with Crippen LogP contribution in [0.25, 0.3) is 0 Å². The van der Waals surface area contributed by atoms with Crippen molar-refractivity contribution in [3.05, 3.63) is 24.0 Å². The van der Waals surface area contributed by atoms with Gasteiger partial charge in [0.15, 0.2) is 0 Å². The van der Waals surface area contributed by atoms with Gasteiger partial charge in [0.05, 0.1) is 23.6 Å². The molecule has 1 aliphatic rings. The van der Waals surface area contributed by atoms with Crippen LogP contribution in [-0.4, -0.2) is 30.8 Å². The molecule has 1 aromatic heterocycles. The van der Waals surface area contributed by atoms with E-state index in [1.807, 2.05) is 6.92 Å². The molecule has 0 aromatic carbocycles. The summed E-state index contributed by atoms with van der Waals surface area (Å²) in [6, 6.07) is 3.98. The molecule has 1 aliphatic heterocycles. The molecule has 0 amide bonds. The monoisotopic (exact) mass is 231 g/mol. The zero-order chi connectivity index (χ0) is 12.1. The number of nitrogens with zero attached hydrogens (tertiary/aromatic N) is 3. The highest BCUT2D eigenvalue weighted by molar-refractivity contribution is 5.57. The molecule has 1 fully saturated rings. The Morgan fingerprint density at radius 1 is 1.65 bits per heavy atom. The number of anilines is 1. The van der Waals surface area contributed by atoms with Crippen LogP contribution in [0.1, 0.15) is 25.3 Å². The molecule has 0 saturated carbocycles. The Morgan fingerprint density at radius 2 is 2.53 bits per heavy atom. The second kappa shape index (κ2) is 5.65. The van der Waals surface area contributed by atoms with Crippen molar-refractivity contribution in [2.24, 2.45) is 0 Å². The van der Waals surface area contributed by atoms with Gasteiger partial charge in [-0.05, 0) is 25.8 Å². The van der Waals surface area contributed by atoms with Crippen molar-refractivity contribution in [3.63, 3.8) is 0 Å². The standard InChI is InChI=1S/C13H17N3O/c1-2-17-12-4-3-7-16(10-12)13-9-15-6-5-11(13)8-14/h5-6,9,12H,2-4,7,10H2,1H3. The normalized spacial score (nSPS) is 20.0.